The molecule has 0 saturated heterocycles. The molecule has 0 atom stereocenters. The van der Waals surface area contributed by atoms with Crippen LogP contribution < -0.4 is 19.9 Å². The van der Waals surface area contributed by atoms with Gasteiger partial charge in [0, 0.05) is 17.3 Å². The predicted octanol–water partition coefficient (Wildman–Crippen LogP) is 1.60. The molecule has 0 spiro atoms. The van der Waals surface area contributed by atoms with Crippen LogP contribution in [0.3, 0.4) is 0 Å². The largest absolute Gasteiger partial charge is 0.497 e. The van der Waals surface area contributed by atoms with Crippen molar-refractivity contribution in [2.75, 3.05) is 19.5 Å². The number of sulfonamides is 1. The summed E-state index contributed by atoms with van der Waals surface area (Å²) in [6.45, 7) is 0. The van der Waals surface area contributed by atoms with Gasteiger partial charge in [-0.1, -0.05) is 6.07 Å². The third kappa shape index (κ3) is 3.99. The van der Waals surface area contributed by atoms with Crippen molar-refractivity contribution in [2.24, 2.45) is 5.14 Å². The molecule has 0 fully saturated rings. The van der Waals surface area contributed by atoms with Crippen LogP contribution in [0.25, 0.3) is 0 Å². The number of ether oxygens (including phenoxy) is 2. The van der Waals surface area contributed by atoms with Crippen molar-refractivity contribution in [1.29, 1.82) is 0 Å². The smallest absolute Gasteiger partial charge is 0.255 e. The van der Waals surface area contributed by atoms with E-state index in [0.717, 1.165) is 0 Å². The third-order valence-electron chi connectivity index (χ3n) is 3.06. The Kier molecular flexibility index (Phi) is 4.87. The van der Waals surface area contributed by atoms with Crippen molar-refractivity contribution in [3.8, 4) is 11.5 Å². The van der Waals surface area contributed by atoms with E-state index < -0.39 is 10.0 Å². The fourth-order valence-electron chi connectivity index (χ4n) is 1.95. The van der Waals surface area contributed by atoms with Gasteiger partial charge in [-0.15, -0.1) is 0 Å². The number of nitrogens with one attached hydrogen (secondary N) is 1. The molecule has 122 valence electrons. The van der Waals surface area contributed by atoms with E-state index >= 15 is 0 Å². The Bertz CT molecular complexity index is 834. The fourth-order valence-corrected chi connectivity index (χ4v) is 2.63. The lowest BCUT2D eigenvalue weighted by Gasteiger charge is -2.10. The van der Waals surface area contributed by atoms with E-state index in [-0.39, 0.29) is 16.6 Å². The minimum Gasteiger partial charge on any atom is -0.497 e. The Morgan fingerprint density at radius 3 is 2.43 bits per heavy atom. The molecular weight excluding hydrogens is 320 g/mol. The third-order valence-corrected chi connectivity index (χ3v) is 4.01. The second-order valence-electron chi connectivity index (χ2n) is 4.60. The predicted molar refractivity (Wildman–Crippen MR) is 85.3 cm³/mol. The van der Waals surface area contributed by atoms with Crippen molar-refractivity contribution < 1.29 is 22.7 Å². The van der Waals surface area contributed by atoms with Crippen LogP contribution in [0.2, 0.25) is 0 Å². The van der Waals surface area contributed by atoms with Gasteiger partial charge < -0.3 is 14.8 Å². The van der Waals surface area contributed by atoms with Crippen molar-refractivity contribution in [1.82, 2.24) is 0 Å². The topological polar surface area (TPSA) is 108 Å². The summed E-state index contributed by atoms with van der Waals surface area (Å²) in [4.78, 5) is 12.1. The minimum absolute atomic E-state index is 0.0518. The first-order valence-electron chi connectivity index (χ1n) is 6.51. The molecule has 8 heteroatoms. The normalized spacial score (nSPS) is 10.9. The molecule has 2 aromatic carbocycles. The molecule has 7 nitrogen and oxygen atoms in total. The quantitative estimate of drug-likeness (QED) is 0.862. The number of hydrogen-bond acceptors (Lipinski definition) is 5. The monoisotopic (exact) mass is 336 g/mol. The molecule has 0 heterocycles. The summed E-state index contributed by atoms with van der Waals surface area (Å²) in [6.07, 6.45) is 0. The summed E-state index contributed by atoms with van der Waals surface area (Å²) in [5.74, 6) is 0.241. The van der Waals surface area contributed by atoms with E-state index in [1.54, 1.807) is 24.3 Å². The molecule has 0 unspecified atom stereocenters. The molecule has 2 aromatic rings. The van der Waals surface area contributed by atoms with E-state index in [9.17, 15) is 13.2 Å². The van der Waals surface area contributed by atoms with Gasteiger partial charge >= 0.3 is 0 Å². The highest BCUT2D eigenvalue weighted by atomic mass is 32.2. The van der Waals surface area contributed by atoms with Crippen molar-refractivity contribution in [3.05, 3.63) is 48.0 Å². The van der Waals surface area contributed by atoms with E-state index in [1.165, 1.54) is 32.4 Å². The molecule has 2 rings (SSSR count). The van der Waals surface area contributed by atoms with Gasteiger partial charge in [-0.3, -0.25) is 4.79 Å². The number of rotatable bonds is 5. The number of nitrogens with two attached hydrogens (primary N) is 1. The van der Waals surface area contributed by atoms with Crippen LogP contribution in [0.4, 0.5) is 5.69 Å². The number of amides is 1. The van der Waals surface area contributed by atoms with Gasteiger partial charge in [0.1, 0.15) is 16.4 Å². The highest BCUT2D eigenvalue weighted by Gasteiger charge is 2.16. The Hall–Kier alpha value is -2.58. The van der Waals surface area contributed by atoms with E-state index in [0.29, 0.717) is 17.0 Å². The van der Waals surface area contributed by atoms with Crippen LogP contribution in [-0.2, 0) is 10.0 Å². The Balaban J connectivity index is 2.28. The van der Waals surface area contributed by atoms with Crippen LogP contribution in [0, 0.1) is 0 Å². The van der Waals surface area contributed by atoms with E-state index in [1.807, 2.05) is 0 Å². The van der Waals surface area contributed by atoms with Gasteiger partial charge in [0.2, 0.25) is 10.0 Å². The average molecular weight is 336 g/mol. The molecule has 0 bridgehead atoms. The maximum Gasteiger partial charge on any atom is 0.255 e. The molecule has 0 aliphatic heterocycles. The summed E-state index contributed by atoms with van der Waals surface area (Å²) in [5.41, 5.74) is 0.779. The standard InChI is InChI=1S/C15H16N2O5S/c1-21-12-5-3-4-10(8-12)15(18)17-11-6-7-14(23(16,19)20)13(9-11)22-2/h3-9H,1-2H3,(H,17,18)(H2,16,19,20). The molecule has 1 amide bonds. The van der Waals surface area contributed by atoms with Crippen LogP contribution in [0.5, 0.6) is 11.5 Å². The lowest BCUT2D eigenvalue weighted by atomic mass is 10.2. The number of methoxy groups -OCH3 is 2. The first-order chi connectivity index (χ1) is 10.8. The number of carbonyl (C=O) groups is 1. The Morgan fingerprint density at radius 2 is 1.83 bits per heavy atom. The zero-order valence-electron chi connectivity index (χ0n) is 12.6. The Labute approximate surface area is 134 Å². The van der Waals surface area contributed by atoms with Crippen molar-refractivity contribution >= 4 is 21.6 Å². The van der Waals surface area contributed by atoms with E-state index in [2.05, 4.69) is 5.32 Å². The van der Waals surface area contributed by atoms with Crippen molar-refractivity contribution in [2.45, 2.75) is 4.90 Å². The lowest BCUT2D eigenvalue weighted by Crippen LogP contribution is -2.15. The molecule has 0 aromatic heterocycles. The molecule has 0 aliphatic carbocycles. The fraction of sp³-hybridized carbons (Fsp3) is 0.133. The highest BCUT2D eigenvalue weighted by Crippen LogP contribution is 2.26. The second kappa shape index (κ2) is 6.67. The van der Waals surface area contributed by atoms with Crippen LogP contribution in [0.1, 0.15) is 10.4 Å². The van der Waals surface area contributed by atoms with Crippen molar-refractivity contribution in [3.63, 3.8) is 0 Å². The summed E-state index contributed by atoms with van der Waals surface area (Å²) >= 11 is 0. The molecule has 0 saturated carbocycles. The highest BCUT2D eigenvalue weighted by molar-refractivity contribution is 7.89. The number of carbonyl (C=O) groups excluding carboxylic acids is 1. The first-order valence-corrected chi connectivity index (χ1v) is 8.06. The van der Waals surface area contributed by atoms with Gasteiger partial charge in [0.15, 0.2) is 0 Å². The zero-order valence-corrected chi connectivity index (χ0v) is 13.4. The van der Waals surface area contributed by atoms with Gasteiger partial charge in [-0.25, -0.2) is 13.6 Å². The molecule has 23 heavy (non-hydrogen) atoms. The number of benzene rings is 2. The molecule has 3 N–H and O–H groups in total. The maximum absolute atomic E-state index is 12.2. The Morgan fingerprint density at radius 1 is 1.09 bits per heavy atom. The van der Waals surface area contributed by atoms with Gasteiger partial charge in [-0.2, -0.15) is 0 Å². The van der Waals surface area contributed by atoms with Gasteiger partial charge in [-0.05, 0) is 30.3 Å². The molecule has 0 radical (unpaired) electrons. The summed E-state index contributed by atoms with van der Waals surface area (Å²) in [7, 11) is -1.08. The SMILES string of the molecule is COc1cccc(C(=O)Nc2ccc(S(N)(=O)=O)c(OC)c2)c1. The molecular formula is C15H16N2O5S. The van der Waals surface area contributed by atoms with Gasteiger partial charge in [0.25, 0.3) is 5.91 Å². The minimum atomic E-state index is -3.91. The molecule has 0 aliphatic rings. The first kappa shape index (κ1) is 16.8. The van der Waals surface area contributed by atoms with Gasteiger partial charge in [0.05, 0.1) is 14.2 Å². The number of primary sulfonamides is 1. The van der Waals surface area contributed by atoms with Crippen LogP contribution in [0.15, 0.2) is 47.4 Å². The number of hydrogen-bond donors (Lipinski definition) is 2. The second-order valence-corrected chi connectivity index (χ2v) is 6.13. The lowest BCUT2D eigenvalue weighted by molar-refractivity contribution is 0.102. The summed E-state index contributed by atoms with van der Waals surface area (Å²) in [6, 6.07) is 10.7. The van der Waals surface area contributed by atoms with Crippen LogP contribution >= 0.6 is 0 Å². The maximum atomic E-state index is 12.2. The zero-order chi connectivity index (χ0) is 17.0. The number of anilines is 1. The van der Waals surface area contributed by atoms with Crippen LogP contribution in [-0.4, -0.2) is 28.5 Å². The summed E-state index contributed by atoms with van der Waals surface area (Å²) < 4.78 is 32.9. The average Bonchev–Trinajstić information content (AvgIpc) is 2.53. The van der Waals surface area contributed by atoms with E-state index in [4.69, 9.17) is 14.6 Å². The summed E-state index contributed by atoms with van der Waals surface area (Å²) in [5, 5.41) is 7.75.